The van der Waals surface area contributed by atoms with E-state index in [2.05, 4.69) is 86.9 Å². The Morgan fingerprint density at radius 3 is 2.05 bits per heavy atom. The molecule has 0 N–H and O–H groups in total. The molecule has 0 aliphatic carbocycles. The summed E-state index contributed by atoms with van der Waals surface area (Å²) in [6.45, 7) is 9.22. The van der Waals surface area contributed by atoms with E-state index in [1.807, 2.05) is 6.07 Å². The Kier molecular flexibility index (Phi) is 4.44. The maximum Gasteiger partial charge on any atom is 0.0775 e. The fourth-order valence-electron chi connectivity index (χ4n) is 2.04. The third-order valence-electron chi connectivity index (χ3n) is 3.44. The molecule has 0 spiro atoms. The number of rotatable bonds is 3. The summed E-state index contributed by atoms with van der Waals surface area (Å²) in [6.07, 6.45) is 2.07. The molecule has 2 aromatic carbocycles. The lowest BCUT2D eigenvalue weighted by atomic mass is 10.1. The molecule has 0 saturated carbocycles. The van der Waals surface area contributed by atoms with Crippen LogP contribution in [0.4, 0.5) is 0 Å². The maximum absolute atomic E-state index is 3.38. The number of benzene rings is 2. The maximum atomic E-state index is 3.38. The Hall–Kier alpha value is -1.82. The molecule has 1 heteroatoms. The fraction of sp³-hybridized carbons (Fsp3) is 0.211. The van der Waals surface area contributed by atoms with E-state index in [0.29, 0.717) is 0 Å². The second-order valence-corrected chi connectivity index (χ2v) is 11.2. The van der Waals surface area contributed by atoms with Gasteiger partial charge in [-0.1, -0.05) is 79.4 Å². The van der Waals surface area contributed by atoms with E-state index in [0.717, 1.165) is 0 Å². The van der Waals surface area contributed by atoms with Crippen LogP contribution in [0.3, 0.4) is 0 Å². The van der Waals surface area contributed by atoms with Crippen molar-refractivity contribution in [2.45, 2.75) is 26.6 Å². The average Bonchev–Trinajstić information content (AvgIpc) is 2.45. The van der Waals surface area contributed by atoms with E-state index in [4.69, 9.17) is 0 Å². The number of hydrogen-bond donors (Lipinski definition) is 0. The van der Waals surface area contributed by atoms with Crippen molar-refractivity contribution in [2.24, 2.45) is 0 Å². The molecule has 2 rings (SSSR count). The molecule has 0 aliphatic rings. The van der Waals surface area contributed by atoms with Crippen LogP contribution in [0.1, 0.15) is 18.1 Å². The van der Waals surface area contributed by atoms with E-state index < -0.39 is 8.07 Å². The first-order valence-corrected chi connectivity index (χ1v) is 10.6. The first kappa shape index (κ1) is 14.6. The molecule has 0 heterocycles. The number of allylic oxidation sites excluding steroid dienone is 1. The summed E-state index contributed by atoms with van der Waals surface area (Å²) >= 11 is 0. The molecule has 0 saturated heterocycles. The highest BCUT2D eigenvalue weighted by molar-refractivity contribution is 6.88. The predicted octanol–water partition coefficient (Wildman–Crippen LogP) is 4.95. The molecule has 102 valence electrons. The molecule has 0 fully saturated rings. The van der Waals surface area contributed by atoms with Gasteiger partial charge < -0.3 is 0 Å². The van der Waals surface area contributed by atoms with E-state index in [1.165, 1.54) is 21.9 Å². The normalized spacial score (nSPS) is 10.8. The van der Waals surface area contributed by atoms with Crippen molar-refractivity contribution in [1.29, 1.82) is 0 Å². The van der Waals surface area contributed by atoms with Gasteiger partial charge in [0.1, 0.15) is 0 Å². The molecule has 0 unspecified atom stereocenters. The second-order valence-electron chi connectivity index (χ2n) is 6.15. The predicted molar refractivity (Wildman–Crippen MR) is 92.9 cm³/mol. The van der Waals surface area contributed by atoms with E-state index in [-0.39, 0.29) is 0 Å². The van der Waals surface area contributed by atoms with Gasteiger partial charge in [-0.3, -0.25) is 0 Å². The van der Waals surface area contributed by atoms with Crippen LogP contribution in [0.5, 0.6) is 0 Å². The summed E-state index contributed by atoms with van der Waals surface area (Å²) in [5.74, 6) is 0. The minimum atomic E-state index is -1.19. The van der Waals surface area contributed by atoms with Crippen LogP contribution in [-0.4, -0.2) is 8.07 Å². The Balaban J connectivity index is 2.24. The largest absolute Gasteiger partial charge is 0.116 e. The summed E-state index contributed by atoms with van der Waals surface area (Å²) in [5.41, 5.74) is 6.98. The molecular weight excluding hydrogens is 256 g/mol. The van der Waals surface area contributed by atoms with E-state index in [9.17, 15) is 0 Å². The molecule has 0 aromatic heterocycles. The van der Waals surface area contributed by atoms with Crippen molar-refractivity contribution in [3.05, 3.63) is 71.5 Å². The Morgan fingerprint density at radius 1 is 0.900 bits per heavy atom. The van der Waals surface area contributed by atoms with Gasteiger partial charge in [0, 0.05) is 0 Å². The zero-order valence-corrected chi connectivity index (χ0v) is 13.8. The van der Waals surface area contributed by atoms with Crippen molar-refractivity contribution in [3.8, 4) is 0 Å². The lowest BCUT2D eigenvalue weighted by Gasteiger charge is -2.16. The first-order chi connectivity index (χ1) is 9.47. The van der Waals surface area contributed by atoms with Crippen molar-refractivity contribution in [1.82, 2.24) is 0 Å². The highest BCUT2D eigenvalue weighted by Crippen LogP contribution is 2.12. The third-order valence-corrected chi connectivity index (χ3v) is 5.50. The highest BCUT2D eigenvalue weighted by atomic mass is 28.3. The van der Waals surface area contributed by atoms with Crippen molar-refractivity contribution in [3.63, 3.8) is 0 Å². The minimum absolute atomic E-state index is 1.17. The van der Waals surface area contributed by atoms with Crippen LogP contribution in [-0.2, 0) is 0 Å². The molecule has 0 nitrogen and oxygen atoms in total. The van der Waals surface area contributed by atoms with Gasteiger partial charge in [0.2, 0.25) is 0 Å². The summed E-state index contributed by atoms with van der Waals surface area (Å²) in [4.78, 5) is 0. The van der Waals surface area contributed by atoms with Crippen LogP contribution in [0.15, 0.2) is 60.3 Å². The molecule has 0 atom stereocenters. The van der Waals surface area contributed by atoms with Gasteiger partial charge in [-0.25, -0.2) is 0 Å². The van der Waals surface area contributed by atoms with Crippen LogP contribution in [0, 0.1) is 0 Å². The zero-order chi connectivity index (χ0) is 14.6. The van der Waals surface area contributed by atoms with Gasteiger partial charge >= 0.3 is 0 Å². The Labute approximate surface area is 123 Å². The SMILES string of the molecule is CC(=C=Cc1ccc([Si](C)(C)C)cc1)c1ccccc1. The van der Waals surface area contributed by atoms with Gasteiger partial charge in [0.05, 0.1) is 8.07 Å². The van der Waals surface area contributed by atoms with Gasteiger partial charge in [-0.2, -0.15) is 0 Å². The molecular formula is C19H22Si. The molecule has 20 heavy (non-hydrogen) atoms. The quantitative estimate of drug-likeness (QED) is 0.550. The lowest BCUT2D eigenvalue weighted by molar-refractivity contribution is 1.58. The summed E-state index contributed by atoms with van der Waals surface area (Å²) < 4.78 is 0. The summed E-state index contributed by atoms with van der Waals surface area (Å²) in [6, 6.07) is 19.3. The van der Waals surface area contributed by atoms with Gasteiger partial charge in [0.25, 0.3) is 0 Å². The Morgan fingerprint density at radius 2 is 1.50 bits per heavy atom. The molecule has 0 amide bonds. The first-order valence-electron chi connectivity index (χ1n) is 7.06. The third kappa shape index (κ3) is 3.83. The van der Waals surface area contributed by atoms with Gasteiger partial charge in [-0.15, -0.1) is 5.73 Å². The second kappa shape index (κ2) is 6.09. The van der Waals surface area contributed by atoms with Crippen molar-refractivity contribution < 1.29 is 0 Å². The zero-order valence-electron chi connectivity index (χ0n) is 12.8. The van der Waals surface area contributed by atoms with Crippen LogP contribution < -0.4 is 5.19 Å². The van der Waals surface area contributed by atoms with Crippen molar-refractivity contribution >= 4 is 24.9 Å². The van der Waals surface area contributed by atoms with Crippen LogP contribution in [0.25, 0.3) is 11.6 Å². The van der Waals surface area contributed by atoms with Gasteiger partial charge in [0.15, 0.2) is 0 Å². The lowest BCUT2D eigenvalue weighted by Crippen LogP contribution is -2.37. The molecule has 0 aliphatic heterocycles. The smallest absolute Gasteiger partial charge is 0.0775 e. The fourth-order valence-corrected chi connectivity index (χ4v) is 3.21. The number of hydrogen-bond acceptors (Lipinski definition) is 0. The Bertz CT molecular complexity index is 622. The minimum Gasteiger partial charge on any atom is -0.116 e. The molecule has 2 aromatic rings. The van der Waals surface area contributed by atoms with E-state index in [1.54, 1.807) is 0 Å². The highest BCUT2D eigenvalue weighted by Gasteiger charge is 2.15. The summed E-state index contributed by atoms with van der Waals surface area (Å²) in [7, 11) is -1.19. The van der Waals surface area contributed by atoms with Crippen LogP contribution in [0.2, 0.25) is 19.6 Å². The van der Waals surface area contributed by atoms with Crippen LogP contribution >= 0.6 is 0 Å². The summed E-state index contributed by atoms with van der Waals surface area (Å²) in [5, 5.41) is 1.50. The average molecular weight is 278 g/mol. The standard InChI is InChI=1S/C19H22Si/c1-16(18-8-6-5-7-9-18)10-11-17-12-14-19(15-13-17)20(2,3)4/h5-9,11-15H,1-4H3. The monoisotopic (exact) mass is 278 g/mol. The molecule has 0 bridgehead atoms. The van der Waals surface area contributed by atoms with E-state index >= 15 is 0 Å². The topological polar surface area (TPSA) is 0 Å². The van der Waals surface area contributed by atoms with Gasteiger partial charge in [-0.05, 0) is 29.7 Å². The van der Waals surface area contributed by atoms with Crippen molar-refractivity contribution in [2.75, 3.05) is 0 Å². The molecule has 0 radical (unpaired) electrons.